The van der Waals surface area contributed by atoms with E-state index in [0.29, 0.717) is 6.61 Å². The second-order valence-electron chi connectivity index (χ2n) is 4.69. The standard InChI is InChI=1S/C17H21NO2/c1-13-6-4-5-7-17(13)20-12-16(18-2)14-8-10-15(19-3)11-9-14/h4-11,16,18H,12H2,1-3H3. The second-order valence-corrected chi connectivity index (χ2v) is 4.69. The first kappa shape index (κ1) is 14.4. The Hall–Kier alpha value is -2.00. The predicted molar refractivity (Wildman–Crippen MR) is 81.5 cm³/mol. The number of aryl methyl sites for hydroxylation is 1. The Bertz CT molecular complexity index is 537. The summed E-state index contributed by atoms with van der Waals surface area (Å²) < 4.78 is 11.1. The van der Waals surface area contributed by atoms with Gasteiger partial charge in [0.15, 0.2) is 0 Å². The van der Waals surface area contributed by atoms with Crippen LogP contribution in [0.4, 0.5) is 0 Å². The molecule has 2 aromatic carbocycles. The summed E-state index contributed by atoms with van der Waals surface area (Å²) >= 11 is 0. The average molecular weight is 271 g/mol. The van der Waals surface area contributed by atoms with Crippen molar-refractivity contribution in [3.8, 4) is 11.5 Å². The number of para-hydroxylation sites is 1. The summed E-state index contributed by atoms with van der Waals surface area (Å²) in [5.74, 6) is 1.80. The molecule has 0 aromatic heterocycles. The van der Waals surface area contributed by atoms with E-state index in [4.69, 9.17) is 9.47 Å². The van der Waals surface area contributed by atoms with Crippen molar-refractivity contribution in [2.45, 2.75) is 13.0 Å². The molecule has 0 aliphatic rings. The van der Waals surface area contributed by atoms with E-state index in [9.17, 15) is 0 Å². The van der Waals surface area contributed by atoms with Crippen molar-refractivity contribution in [3.05, 3.63) is 59.7 Å². The first-order chi connectivity index (χ1) is 9.74. The van der Waals surface area contributed by atoms with Crippen LogP contribution in [-0.4, -0.2) is 20.8 Å². The highest BCUT2D eigenvalue weighted by Gasteiger charge is 2.10. The largest absolute Gasteiger partial charge is 0.497 e. The lowest BCUT2D eigenvalue weighted by molar-refractivity contribution is 0.271. The maximum Gasteiger partial charge on any atom is 0.122 e. The molecule has 0 bridgehead atoms. The van der Waals surface area contributed by atoms with Gasteiger partial charge in [-0.3, -0.25) is 0 Å². The van der Waals surface area contributed by atoms with Crippen LogP contribution in [0.1, 0.15) is 17.2 Å². The average Bonchev–Trinajstić information content (AvgIpc) is 2.50. The number of nitrogens with one attached hydrogen (secondary N) is 1. The molecule has 3 nitrogen and oxygen atoms in total. The highest BCUT2D eigenvalue weighted by Crippen LogP contribution is 2.21. The second kappa shape index (κ2) is 6.96. The van der Waals surface area contributed by atoms with Gasteiger partial charge in [0.1, 0.15) is 18.1 Å². The predicted octanol–water partition coefficient (Wildman–Crippen LogP) is 3.34. The number of likely N-dealkylation sites (N-methyl/N-ethyl adjacent to an activating group) is 1. The maximum absolute atomic E-state index is 5.91. The molecule has 20 heavy (non-hydrogen) atoms. The fourth-order valence-corrected chi connectivity index (χ4v) is 2.07. The molecule has 1 N–H and O–H groups in total. The number of benzene rings is 2. The molecule has 0 saturated heterocycles. The molecule has 0 heterocycles. The van der Waals surface area contributed by atoms with E-state index in [2.05, 4.69) is 30.4 Å². The Morgan fingerprint density at radius 1 is 1.05 bits per heavy atom. The van der Waals surface area contributed by atoms with Gasteiger partial charge in [0.05, 0.1) is 13.2 Å². The smallest absolute Gasteiger partial charge is 0.122 e. The van der Waals surface area contributed by atoms with Crippen LogP contribution in [-0.2, 0) is 0 Å². The van der Waals surface area contributed by atoms with E-state index in [1.54, 1.807) is 7.11 Å². The highest BCUT2D eigenvalue weighted by atomic mass is 16.5. The third-order valence-electron chi connectivity index (χ3n) is 3.37. The quantitative estimate of drug-likeness (QED) is 0.874. The Kier molecular flexibility index (Phi) is 5.02. The topological polar surface area (TPSA) is 30.5 Å². The van der Waals surface area contributed by atoms with Crippen LogP contribution in [0, 0.1) is 6.92 Å². The van der Waals surface area contributed by atoms with Gasteiger partial charge < -0.3 is 14.8 Å². The van der Waals surface area contributed by atoms with Crippen LogP contribution < -0.4 is 14.8 Å². The normalized spacial score (nSPS) is 11.9. The molecule has 106 valence electrons. The molecule has 0 fully saturated rings. The van der Waals surface area contributed by atoms with Crippen molar-refractivity contribution in [2.24, 2.45) is 0 Å². The lowest BCUT2D eigenvalue weighted by Crippen LogP contribution is -2.23. The Labute approximate surface area is 120 Å². The molecule has 0 radical (unpaired) electrons. The Balaban J connectivity index is 2.03. The molecule has 3 heteroatoms. The zero-order chi connectivity index (χ0) is 14.4. The zero-order valence-electron chi connectivity index (χ0n) is 12.2. The van der Waals surface area contributed by atoms with E-state index < -0.39 is 0 Å². The number of hydrogen-bond donors (Lipinski definition) is 1. The number of methoxy groups -OCH3 is 1. The third kappa shape index (κ3) is 3.52. The van der Waals surface area contributed by atoms with Crippen LogP contribution >= 0.6 is 0 Å². The molecule has 0 spiro atoms. The fraction of sp³-hybridized carbons (Fsp3) is 0.294. The van der Waals surface area contributed by atoms with Crippen molar-refractivity contribution in [1.29, 1.82) is 0 Å². The molecular weight excluding hydrogens is 250 g/mol. The van der Waals surface area contributed by atoms with Gasteiger partial charge in [-0.25, -0.2) is 0 Å². The number of rotatable bonds is 6. The van der Waals surface area contributed by atoms with Crippen LogP contribution in [0.25, 0.3) is 0 Å². The fourth-order valence-electron chi connectivity index (χ4n) is 2.07. The SMILES string of the molecule is CNC(COc1ccccc1C)c1ccc(OC)cc1. The van der Waals surface area contributed by atoms with Crippen LogP contribution in [0.2, 0.25) is 0 Å². The van der Waals surface area contributed by atoms with E-state index >= 15 is 0 Å². The Morgan fingerprint density at radius 2 is 1.75 bits per heavy atom. The van der Waals surface area contributed by atoms with Crippen LogP contribution in [0.5, 0.6) is 11.5 Å². The van der Waals surface area contributed by atoms with E-state index in [1.807, 2.05) is 37.4 Å². The van der Waals surface area contributed by atoms with E-state index in [0.717, 1.165) is 17.1 Å². The highest BCUT2D eigenvalue weighted by molar-refractivity contribution is 5.32. The van der Waals surface area contributed by atoms with Gasteiger partial charge in [0.25, 0.3) is 0 Å². The first-order valence-electron chi connectivity index (χ1n) is 6.74. The maximum atomic E-state index is 5.91. The molecular formula is C17H21NO2. The van der Waals surface area contributed by atoms with Crippen molar-refractivity contribution in [3.63, 3.8) is 0 Å². The number of hydrogen-bond acceptors (Lipinski definition) is 3. The summed E-state index contributed by atoms with van der Waals surface area (Å²) in [5.41, 5.74) is 2.33. The molecule has 0 aliphatic heterocycles. The van der Waals surface area contributed by atoms with Gasteiger partial charge in [-0.15, -0.1) is 0 Å². The van der Waals surface area contributed by atoms with Crippen molar-refractivity contribution in [2.75, 3.05) is 20.8 Å². The lowest BCUT2D eigenvalue weighted by Gasteiger charge is -2.18. The summed E-state index contributed by atoms with van der Waals surface area (Å²) in [4.78, 5) is 0. The van der Waals surface area contributed by atoms with Crippen LogP contribution in [0.3, 0.4) is 0 Å². The van der Waals surface area contributed by atoms with Gasteiger partial charge in [-0.2, -0.15) is 0 Å². The van der Waals surface area contributed by atoms with E-state index in [1.165, 1.54) is 5.56 Å². The van der Waals surface area contributed by atoms with Gasteiger partial charge in [0, 0.05) is 0 Å². The summed E-state index contributed by atoms with van der Waals surface area (Å²) in [7, 11) is 3.61. The van der Waals surface area contributed by atoms with Gasteiger partial charge in [-0.1, -0.05) is 30.3 Å². The third-order valence-corrected chi connectivity index (χ3v) is 3.37. The zero-order valence-corrected chi connectivity index (χ0v) is 12.2. The summed E-state index contributed by atoms with van der Waals surface area (Å²) in [6, 6.07) is 16.3. The molecule has 1 atom stereocenters. The summed E-state index contributed by atoms with van der Waals surface area (Å²) in [6.07, 6.45) is 0. The molecule has 0 amide bonds. The summed E-state index contributed by atoms with van der Waals surface area (Å²) in [6.45, 7) is 2.64. The van der Waals surface area contributed by atoms with Crippen molar-refractivity contribution >= 4 is 0 Å². The monoisotopic (exact) mass is 271 g/mol. The lowest BCUT2D eigenvalue weighted by atomic mass is 10.1. The summed E-state index contributed by atoms with van der Waals surface area (Å²) in [5, 5.41) is 3.28. The van der Waals surface area contributed by atoms with E-state index in [-0.39, 0.29) is 6.04 Å². The molecule has 2 rings (SSSR count). The minimum Gasteiger partial charge on any atom is -0.497 e. The minimum atomic E-state index is 0.153. The molecule has 1 unspecified atom stereocenters. The minimum absolute atomic E-state index is 0.153. The molecule has 2 aromatic rings. The van der Waals surface area contributed by atoms with Gasteiger partial charge in [-0.05, 0) is 43.3 Å². The van der Waals surface area contributed by atoms with Gasteiger partial charge >= 0.3 is 0 Å². The first-order valence-corrected chi connectivity index (χ1v) is 6.74. The van der Waals surface area contributed by atoms with Crippen molar-refractivity contribution < 1.29 is 9.47 Å². The van der Waals surface area contributed by atoms with Crippen LogP contribution in [0.15, 0.2) is 48.5 Å². The number of ether oxygens (including phenoxy) is 2. The Morgan fingerprint density at radius 3 is 2.35 bits per heavy atom. The molecule has 0 saturated carbocycles. The van der Waals surface area contributed by atoms with Crippen molar-refractivity contribution in [1.82, 2.24) is 5.32 Å². The van der Waals surface area contributed by atoms with Gasteiger partial charge in [0.2, 0.25) is 0 Å². The molecule has 0 aliphatic carbocycles.